The molecule has 0 spiro atoms. The topological polar surface area (TPSA) is 29.3 Å². The van der Waals surface area contributed by atoms with Crippen molar-refractivity contribution in [3.63, 3.8) is 0 Å². The van der Waals surface area contributed by atoms with Crippen LogP contribution in [0.1, 0.15) is 31.9 Å². The van der Waals surface area contributed by atoms with E-state index in [-0.39, 0.29) is 0 Å². The molecule has 0 bridgehead atoms. The zero-order chi connectivity index (χ0) is 11.0. The first kappa shape index (κ1) is 10.5. The van der Waals surface area contributed by atoms with Gasteiger partial charge in [0.25, 0.3) is 0 Å². The predicted octanol–water partition coefficient (Wildman–Crippen LogP) is 2.63. The van der Waals surface area contributed by atoms with E-state index in [0.717, 1.165) is 18.8 Å². The fraction of sp³-hybridized carbons (Fsp3) is 0.538. The van der Waals surface area contributed by atoms with Crippen molar-refractivity contribution in [1.82, 2.24) is 4.90 Å². The molecule has 82 valence electrons. The molecule has 0 saturated carbocycles. The van der Waals surface area contributed by atoms with Crippen LogP contribution in [-0.2, 0) is 13.1 Å². The fourth-order valence-corrected chi connectivity index (χ4v) is 2.15. The van der Waals surface area contributed by atoms with Crippen molar-refractivity contribution in [1.29, 1.82) is 0 Å². The first-order chi connectivity index (χ1) is 7.08. The predicted molar refractivity (Wildman–Crippen MR) is 64.4 cm³/mol. The Morgan fingerprint density at radius 1 is 1.13 bits per heavy atom. The lowest BCUT2D eigenvalue weighted by Gasteiger charge is -2.26. The minimum absolute atomic E-state index is 0.638. The van der Waals surface area contributed by atoms with Crippen LogP contribution in [0.15, 0.2) is 18.2 Å². The summed E-state index contributed by atoms with van der Waals surface area (Å²) in [7, 11) is 0. The molecule has 1 aliphatic heterocycles. The average molecular weight is 204 g/mol. The molecule has 15 heavy (non-hydrogen) atoms. The lowest BCUT2D eigenvalue weighted by molar-refractivity contribution is 0.170. The smallest absolute Gasteiger partial charge is 0.0317 e. The van der Waals surface area contributed by atoms with E-state index < -0.39 is 0 Å². The van der Waals surface area contributed by atoms with Crippen LogP contribution in [0.25, 0.3) is 0 Å². The molecule has 0 fully saturated rings. The van der Waals surface area contributed by atoms with Gasteiger partial charge in [-0.25, -0.2) is 0 Å². The Morgan fingerprint density at radius 2 is 1.80 bits per heavy atom. The molecular formula is C13H20N2. The zero-order valence-corrected chi connectivity index (χ0v) is 9.83. The van der Waals surface area contributed by atoms with Gasteiger partial charge in [-0.3, -0.25) is 4.90 Å². The number of anilines is 1. The van der Waals surface area contributed by atoms with E-state index in [1.54, 1.807) is 0 Å². The van der Waals surface area contributed by atoms with Crippen molar-refractivity contribution in [2.24, 2.45) is 5.92 Å². The van der Waals surface area contributed by atoms with Crippen LogP contribution in [-0.4, -0.2) is 10.9 Å². The van der Waals surface area contributed by atoms with Crippen LogP contribution in [0.3, 0.4) is 0 Å². The number of nitrogens with two attached hydrogens (primary N) is 1. The van der Waals surface area contributed by atoms with Crippen LogP contribution in [0.4, 0.5) is 5.69 Å². The largest absolute Gasteiger partial charge is 0.399 e. The fourth-order valence-electron chi connectivity index (χ4n) is 2.15. The van der Waals surface area contributed by atoms with Gasteiger partial charge in [0.1, 0.15) is 0 Å². The maximum Gasteiger partial charge on any atom is 0.0317 e. The Kier molecular flexibility index (Phi) is 2.70. The van der Waals surface area contributed by atoms with Gasteiger partial charge in [0, 0.05) is 24.8 Å². The van der Waals surface area contributed by atoms with E-state index in [1.165, 1.54) is 11.1 Å². The molecule has 2 heteroatoms. The van der Waals surface area contributed by atoms with Crippen molar-refractivity contribution >= 4 is 5.69 Å². The summed E-state index contributed by atoms with van der Waals surface area (Å²) in [4.78, 5) is 2.52. The van der Waals surface area contributed by atoms with E-state index >= 15 is 0 Å². The Balaban J connectivity index is 2.15. The number of fused-ring (bicyclic) bond motifs is 1. The number of nitrogen functional groups attached to an aromatic ring is 1. The maximum absolute atomic E-state index is 5.79. The monoisotopic (exact) mass is 204 g/mol. The molecule has 1 aliphatic rings. The molecule has 0 radical (unpaired) electrons. The summed E-state index contributed by atoms with van der Waals surface area (Å²) in [5.41, 5.74) is 9.52. The molecule has 0 aromatic heterocycles. The van der Waals surface area contributed by atoms with Crippen LogP contribution >= 0.6 is 0 Å². The second-order valence-electron chi connectivity index (χ2n) is 4.92. The zero-order valence-electron chi connectivity index (χ0n) is 9.83. The molecule has 0 aliphatic carbocycles. The molecule has 0 unspecified atom stereocenters. The molecule has 1 heterocycles. The SMILES string of the molecule is CC(C)[C@H](C)N1Cc2ccc(N)cc2C1. The van der Waals surface area contributed by atoms with Gasteiger partial charge in [0.2, 0.25) is 0 Å². The normalized spacial score (nSPS) is 18.1. The van der Waals surface area contributed by atoms with E-state index in [4.69, 9.17) is 5.73 Å². The van der Waals surface area contributed by atoms with Gasteiger partial charge in [-0.05, 0) is 36.1 Å². The molecule has 1 aromatic carbocycles. The lowest BCUT2D eigenvalue weighted by atomic mass is 10.1. The first-order valence-corrected chi connectivity index (χ1v) is 5.69. The first-order valence-electron chi connectivity index (χ1n) is 5.69. The number of nitrogens with zero attached hydrogens (tertiary/aromatic N) is 1. The molecule has 2 nitrogen and oxygen atoms in total. The van der Waals surface area contributed by atoms with E-state index in [2.05, 4.69) is 37.8 Å². The van der Waals surface area contributed by atoms with Gasteiger partial charge in [-0.15, -0.1) is 0 Å². The summed E-state index contributed by atoms with van der Waals surface area (Å²) in [6.45, 7) is 9.00. The van der Waals surface area contributed by atoms with Gasteiger partial charge in [0.05, 0.1) is 0 Å². The van der Waals surface area contributed by atoms with Crippen LogP contribution in [0.2, 0.25) is 0 Å². The Hall–Kier alpha value is -1.02. The van der Waals surface area contributed by atoms with E-state index in [9.17, 15) is 0 Å². The van der Waals surface area contributed by atoms with Gasteiger partial charge >= 0.3 is 0 Å². The standard InChI is InChI=1S/C13H20N2/c1-9(2)10(3)15-7-11-4-5-13(14)6-12(11)8-15/h4-6,9-10H,7-8,14H2,1-3H3/t10-/m0/s1. The summed E-state index contributed by atoms with van der Waals surface area (Å²) in [5.74, 6) is 0.705. The Morgan fingerprint density at radius 3 is 2.47 bits per heavy atom. The minimum atomic E-state index is 0.638. The highest BCUT2D eigenvalue weighted by atomic mass is 15.2. The van der Waals surface area contributed by atoms with Crippen molar-refractivity contribution in [3.05, 3.63) is 29.3 Å². The van der Waals surface area contributed by atoms with Crippen LogP contribution in [0.5, 0.6) is 0 Å². The molecule has 2 N–H and O–H groups in total. The second kappa shape index (κ2) is 3.86. The summed E-state index contributed by atoms with van der Waals surface area (Å²) >= 11 is 0. The summed E-state index contributed by atoms with van der Waals surface area (Å²) in [6, 6.07) is 6.92. The van der Waals surface area contributed by atoms with Crippen molar-refractivity contribution in [3.8, 4) is 0 Å². The third-order valence-corrected chi connectivity index (χ3v) is 3.52. The maximum atomic E-state index is 5.79. The van der Waals surface area contributed by atoms with Crippen LogP contribution in [0, 0.1) is 5.92 Å². The molecule has 0 amide bonds. The number of hydrogen-bond acceptors (Lipinski definition) is 2. The number of rotatable bonds is 2. The average Bonchev–Trinajstić information content (AvgIpc) is 2.58. The Labute approximate surface area is 92.1 Å². The quantitative estimate of drug-likeness (QED) is 0.750. The summed E-state index contributed by atoms with van der Waals surface area (Å²) in [5, 5.41) is 0. The molecular weight excluding hydrogens is 184 g/mol. The molecule has 2 rings (SSSR count). The third kappa shape index (κ3) is 2.00. The lowest BCUT2D eigenvalue weighted by Crippen LogP contribution is -2.32. The van der Waals surface area contributed by atoms with Crippen molar-refractivity contribution in [2.75, 3.05) is 5.73 Å². The second-order valence-corrected chi connectivity index (χ2v) is 4.92. The molecule has 1 atom stereocenters. The minimum Gasteiger partial charge on any atom is -0.399 e. The molecule has 0 saturated heterocycles. The summed E-state index contributed by atoms with van der Waals surface area (Å²) < 4.78 is 0. The number of hydrogen-bond donors (Lipinski definition) is 1. The Bertz CT molecular complexity index is 358. The highest BCUT2D eigenvalue weighted by molar-refractivity contribution is 5.46. The highest BCUT2D eigenvalue weighted by Crippen LogP contribution is 2.27. The third-order valence-electron chi connectivity index (χ3n) is 3.52. The van der Waals surface area contributed by atoms with E-state index in [1.807, 2.05) is 6.07 Å². The van der Waals surface area contributed by atoms with E-state index in [0.29, 0.717) is 12.0 Å². The van der Waals surface area contributed by atoms with Gasteiger partial charge in [0.15, 0.2) is 0 Å². The van der Waals surface area contributed by atoms with Crippen molar-refractivity contribution in [2.45, 2.75) is 39.9 Å². The summed E-state index contributed by atoms with van der Waals surface area (Å²) in [6.07, 6.45) is 0. The molecule has 1 aromatic rings. The highest BCUT2D eigenvalue weighted by Gasteiger charge is 2.24. The van der Waals surface area contributed by atoms with Gasteiger partial charge in [-0.1, -0.05) is 19.9 Å². The van der Waals surface area contributed by atoms with Gasteiger partial charge in [-0.2, -0.15) is 0 Å². The van der Waals surface area contributed by atoms with Crippen molar-refractivity contribution < 1.29 is 0 Å². The van der Waals surface area contributed by atoms with Gasteiger partial charge < -0.3 is 5.73 Å². The number of benzene rings is 1. The van der Waals surface area contributed by atoms with Crippen LogP contribution < -0.4 is 5.73 Å².